The van der Waals surface area contributed by atoms with Crippen LogP contribution in [0.25, 0.3) is 0 Å². The molecule has 0 aromatic heterocycles. The van der Waals surface area contributed by atoms with E-state index in [1.165, 1.54) is 19.2 Å². The zero-order chi connectivity index (χ0) is 28.0. The normalized spacial score (nSPS) is 30.3. The van der Waals surface area contributed by atoms with Crippen LogP contribution in [0.2, 0.25) is 0 Å². The Balaban J connectivity index is 1.75. The molecule has 0 unspecified atom stereocenters. The molecule has 13 nitrogen and oxygen atoms in total. The molecule has 0 saturated carbocycles. The summed E-state index contributed by atoms with van der Waals surface area (Å²) in [5, 5.41) is 58.8. The van der Waals surface area contributed by atoms with E-state index in [0.717, 1.165) is 6.26 Å². The molecule has 13 heteroatoms. The molecule has 0 amide bonds. The molecule has 0 aliphatic carbocycles. The highest BCUT2D eigenvalue weighted by molar-refractivity contribution is 5.90. The fraction of sp³-hybridized carbons (Fsp3) is 0.520. The number of aliphatic hydroxyl groups excluding tert-OH is 4. The summed E-state index contributed by atoms with van der Waals surface area (Å²) >= 11 is 0. The van der Waals surface area contributed by atoms with Gasteiger partial charge >= 0.3 is 11.9 Å². The van der Waals surface area contributed by atoms with E-state index in [9.17, 15) is 40.2 Å². The summed E-state index contributed by atoms with van der Waals surface area (Å²) in [6, 6.07) is 4.21. The second-order valence-electron chi connectivity index (χ2n) is 8.71. The summed E-state index contributed by atoms with van der Waals surface area (Å²) in [6.45, 7) is 0.872. The number of aliphatic hydroxyl groups is 4. The smallest absolute Gasteiger partial charge is 0.337 e. The lowest BCUT2D eigenvalue weighted by molar-refractivity contribution is -0.327. The van der Waals surface area contributed by atoms with Crippen LogP contribution in [-0.4, -0.2) is 99.9 Å². The van der Waals surface area contributed by atoms with Gasteiger partial charge in [-0.05, 0) is 24.6 Å². The minimum atomic E-state index is -1.69. The first-order valence-electron chi connectivity index (χ1n) is 11.8. The van der Waals surface area contributed by atoms with Crippen LogP contribution in [-0.2, 0) is 39.7 Å². The molecule has 1 aromatic rings. The van der Waals surface area contributed by atoms with Crippen molar-refractivity contribution >= 4 is 11.9 Å². The predicted molar refractivity (Wildman–Crippen MR) is 126 cm³/mol. The number of hydrogen-bond donors (Lipinski definition) is 6. The van der Waals surface area contributed by atoms with E-state index >= 15 is 0 Å². The number of hydrogen-bond acceptors (Lipinski definition) is 13. The Morgan fingerprint density at radius 2 is 1.82 bits per heavy atom. The van der Waals surface area contributed by atoms with Gasteiger partial charge in [-0.3, -0.25) is 4.79 Å². The quantitative estimate of drug-likeness (QED) is 0.131. The van der Waals surface area contributed by atoms with Gasteiger partial charge in [-0.2, -0.15) is 0 Å². The summed E-state index contributed by atoms with van der Waals surface area (Å²) < 4.78 is 26.8. The van der Waals surface area contributed by atoms with Gasteiger partial charge in [0.2, 0.25) is 6.29 Å². The van der Waals surface area contributed by atoms with Crippen molar-refractivity contribution in [3.05, 3.63) is 47.2 Å². The van der Waals surface area contributed by atoms with Gasteiger partial charge in [0, 0.05) is 17.9 Å². The lowest BCUT2D eigenvalue weighted by Gasteiger charge is -2.41. The summed E-state index contributed by atoms with van der Waals surface area (Å²) in [4.78, 5) is 25.1. The van der Waals surface area contributed by atoms with Crippen LogP contribution in [0.4, 0.5) is 0 Å². The Labute approximate surface area is 218 Å². The topological polar surface area (TPSA) is 202 Å². The van der Waals surface area contributed by atoms with E-state index in [1.807, 2.05) is 0 Å². The Bertz CT molecular complexity index is 1050. The summed E-state index contributed by atoms with van der Waals surface area (Å²) in [7, 11) is 1.19. The number of carbonyl (C=O) groups is 2. The van der Waals surface area contributed by atoms with Crippen LogP contribution in [0.3, 0.4) is 0 Å². The number of ether oxygens (including phenoxy) is 5. The summed E-state index contributed by atoms with van der Waals surface area (Å²) in [6.07, 6.45) is -6.39. The predicted octanol–water partition coefficient (Wildman–Crippen LogP) is -0.634. The maximum absolute atomic E-state index is 12.9. The molecule has 0 radical (unpaired) electrons. The number of esters is 2. The van der Waals surface area contributed by atoms with Crippen LogP contribution in [0.1, 0.15) is 18.9 Å². The van der Waals surface area contributed by atoms with Crippen molar-refractivity contribution in [3.63, 3.8) is 0 Å². The van der Waals surface area contributed by atoms with Crippen LogP contribution in [0.15, 0.2) is 41.7 Å². The van der Waals surface area contributed by atoms with Crippen molar-refractivity contribution in [2.24, 2.45) is 5.92 Å². The summed E-state index contributed by atoms with van der Waals surface area (Å²) in [5.41, 5.74) is 0.895. The molecule has 3 rings (SSSR count). The molecule has 1 fully saturated rings. The van der Waals surface area contributed by atoms with E-state index in [-0.39, 0.29) is 36.5 Å². The fourth-order valence-corrected chi connectivity index (χ4v) is 4.13. The molecule has 2 aliphatic heterocycles. The Kier molecular flexibility index (Phi) is 10.1. The summed E-state index contributed by atoms with van der Waals surface area (Å²) in [5.74, 6) is -2.91. The second-order valence-corrected chi connectivity index (χ2v) is 8.71. The third-order valence-corrected chi connectivity index (χ3v) is 6.31. The average Bonchev–Trinajstić information content (AvgIpc) is 2.90. The molecule has 1 aromatic carbocycles. The average molecular weight is 541 g/mol. The van der Waals surface area contributed by atoms with Gasteiger partial charge in [0.05, 0.1) is 38.6 Å². The Morgan fingerprint density at radius 1 is 1.08 bits per heavy atom. The monoisotopic (exact) mass is 540 g/mol. The number of allylic oxidation sites excluding steroid dienone is 1. The molecule has 0 spiro atoms. The number of phenolic OH excluding ortho intramolecular Hbond substituents is 2. The van der Waals surface area contributed by atoms with E-state index in [1.54, 1.807) is 19.1 Å². The van der Waals surface area contributed by atoms with Crippen LogP contribution in [0, 0.1) is 5.92 Å². The van der Waals surface area contributed by atoms with Crippen LogP contribution < -0.4 is 0 Å². The number of phenols is 2. The van der Waals surface area contributed by atoms with Crippen molar-refractivity contribution < 1.29 is 63.9 Å². The van der Waals surface area contributed by atoms with Gasteiger partial charge in [-0.25, -0.2) is 4.79 Å². The lowest BCUT2D eigenvalue weighted by Crippen LogP contribution is -2.60. The third kappa shape index (κ3) is 6.62. The highest BCUT2D eigenvalue weighted by Crippen LogP contribution is 2.36. The van der Waals surface area contributed by atoms with E-state index in [2.05, 4.69) is 0 Å². The van der Waals surface area contributed by atoms with Crippen molar-refractivity contribution in [1.82, 2.24) is 0 Å². The van der Waals surface area contributed by atoms with Crippen LogP contribution >= 0.6 is 0 Å². The molecular formula is C25H32O13. The molecule has 0 bridgehead atoms. The van der Waals surface area contributed by atoms with Gasteiger partial charge in [-0.1, -0.05) is 12.1 Å². The standard InChI is InChI=1S/C25H32O13/c1-3-13-14(9-19(29)34-2)15(23(33)35-7-6-12-4-5-16(27)17(28)8-12)11-36-24(13)38-25-22(32)21(31)20(30)18(10-26)37-25/h3-5,8,11,14,18,20-22,24-28,30-32H,6-7,9-10H2,1-2H3/b13-3+/t14-,18+,20+,21-,22+,24-,25-/m0/s1. The largest absolute Gasteiger partial charge is 0.504 e. The van der Waals surface area contributed by atoms with E-state index < -0.39 is 61.5 Å². The highest BCUT2D eigenvalue weighted by atomic mass is 16.8. The van der Waals surface area contributed by atoms with Crippen LogP contribution in [0.5, 0.6) is 11.5 Å². The van der Waals surface area contributed by atoms with E-state index in [4.69, 9.17) is 23.7 Å². The zero-order valence-electron chi connectivity index (χ0n) is 20.8. The number of aromatic hydroxyl groups is 2. The van der Waals surface area contributed by atoms with Gasteiger partial charge in [0.25, 0.3) is 0 Å². The number of methoxy groups -OCH3 is 1. The molecule has 38 heavy (non-hydrogen) atoms. The van der Waals surface area contributed by atoms with Gasteiger partial charge in [0.15, 0.2) is 17.8 Å². The fourth-order valence-electron chi connectivity index (χ4n) is 4.13. The number of rotatable bonds is 9. The molecule has 1 saturated heterocycles. The van der Waals surface area contributed by atoms with Gasteiger partial charge in [0.1, 0.15) is 24.4 Å². The Morgan fingerprint density at radius 3 is 2.45 bits per heavy atom. The first kappa shape index (κ1) is 29.4. The molecule has 7 atom stereocenters. The molecular weight excluding hydrogens is 508 g/mol. The third-order valence-electron chi connectivity index (χ3n) is 6.31. The molecule has 210 valence electrons. The minimum absolute atomic E-state index is 0.00861. The minimum Gasteiger partial charge on any atom is -0.504 e. The van der Waals surface area contributed by atoms with Crippen molar-refractivity contribution in [1.29, 1.82) is 0 Å². The second kappa shape index (κ2) is 13.0. The highest BCUT2D eigenvalue weighted by Gasteiger charge is 2.46. The van der Waals surface area contributed by atoms with Crippen molar-refractivity contribution in [3.8, 4) is 11.5 Å². The maximum Gasteiger partial charge on any atom is 0.337 e. The maximum atomic E-state index is 12.9. The zero-order valence-corrected chi connectivity index (χ0v) is 20.8. The number of benzene rings is 1. The molecule has 6 N–H and O–H groups in total. The number of carbonyl (C=O) groups excluding carboxylic acids is 2. The first-order chi connectivity index (χ1) is 18.1. The lowest BCUT2D eigenvalue weighted by atomic mass is 9.86. The Hall–Kier alpha value is -3.20. The SMILES string of the molecule is C/C=C1/[C@H](O[C@@H]2O[C@H](CO)[C@@H](O)[C@H](O)[C@H]2O)OC=C(C(=O)OCCc2ccc(O)c(O)c2)[C@H]1CC(=O)OC. The molecule has 2 aliphatic rings. The van der Waals surface area contributed by atoms with E-state index in [0.29, 0.717) is 11.1 Å². The first-order valence-corrected chi connectivity index (χ1v) is 11.8. The van der Waals surface area contributed by atoms with Crippen molar-refractivity contribution in [2.45, 2.75) is 56.8 Å². The van der Waals surface area contributed by atoms with Crippen molar-refractivity contribution in [2.75, 3.05) is 20.3 Å². The van der Waals surface area contributed by atoms with Gasteiger partial charge < -0.3 is 54.3 Å². The van der Waals surface area contributed by atoms with Gasteiger partial charge in [-0.15, -0.1) is 0 Å². The molecule has 2 heterocycles.